The first-order valence-corrected chi connectivity index (χ1v) is 5.88. The van der Waals surface area contributed by atoms with Crippen molar-refractivity contribution in [3.05, 3.63) is 17.8 Å². The summed E-state index contributed by atoms with van der Waals surface area (Å²) in [6, 6.07) is 3.05. The first-order valence-electron chi connectivity index (χ1n) is 5.88. The Morgan fingerprint density at radius 3 is 2.44 bits per heavy atom. The van der Waals surface area contributed by atoms with Gasteiger partial charge in [-0.15, -0.1) is 5.10 Å². The monoisotopic (exact) mass is 252 g/mol. The molecule has 6 heteroatoms. The van der Waals surface area contributed by atoms with E-state index in [-0.39, 0.29) is 11.9 Å². The molecule has 0 bridgehead atoms. The Bertz CT molecular complexity index is 390. The summed E-state index contributed by atoms with van der Waals surface area (Å²) in [5, 5.41) is 7.88. The number of nitrogens with zero attached hydrogens (tertiary/aromatic N) is 3. The number of ether oxygens (including phenoxy) is 1. The molecule has 0 saturated heterocycles. The van der Waals surface area contributed by atoms with E-state index in [1.165, 1.54) is 7.11 Å². The average Bonchev–Trinajstić information content (AvgIpc) is 2.35. The lowest BCUT2D eigenvalue weighted by Crippen LogP contribution is -2.45. The predicted molar refractivity (Wildman–Crippen MR) is 67.9 cm³/mol. The molecule has 1 aromatic heterocycles. The maximum Gasteiger partial charge on any atom is 0.239 e. The van der Waals surface area contributed by atoms with Crippen LogP contribution in [0.3, 0.4) is 0 Å². The summed E-state index contributed by atoms with van der Waals surface area (Å²) in [6.45, 7) is 5.96. The standard InChI is InChI=1S/C12H20N4O2/c1-8(2)16(12(17)9(3)13)7-10-5-6-11(18-4)15-14-10/h5-6,8-9H,7,13H2,1-4H3. The number of aromatic nitrogens is 2. The molecule has 6 nitrogen and oxygen atoms in total. The number of amides is 1. The number of methoxy groups -OCH3 is 1. The molecule has 1 heterocycles. The van der Waals surface area contributed by atoms with Crippen LogP contribution in [0.25, 0.3) is 0 Å². The second-order valence-corrected chi connectivity index (χ2v) is 4.42. The van der Waals surface area contributed by atoms with Gasteiger partial charge in [0, 0.05) is 12.1 Å². The summed E-state index contributed by atoms with van der Waals surface area (Å²) < 4.78 is 4.93. The van der Waals surface area contributed by atoms with Crippen LogP contribution in [0.5, 0.6) is 5.88 Å². The van der Waals surface area contributed by atoms with Crippen molar-refractivity contribution < 1.29 is 9.53 Å². The van der Waals surface area contributed by atoms with Crippen molar-refractivity contribution in [3.63, 3.8) is 0 Å². The van der Waals surface area contributed by atoms with Crippen molar-refractivity contribution in [2.45, 2.75) is 39.4 Å². The minimum Gasteiger partial charge on any atom is -0.480 e. The van der Waals surface area contributed by atoms with Crippen LogP contribution in [0, 0.1) is 0 Å². The maximum atomic E-state index is 11.9. The summed E-state index contributed by atoms with van der Waals surface area (Å²) in [4.78, 5) is 13.6. The fraction of sp³-hybridized carbons (Fsp3) is 0.583. The topological polar surface area (TPSA) is 81.3 Å². The first kappa shape index (κ1) is 14.4. The summed E-state index contributed by atoms with van der Waals surface area (Å²) in [5.41, 5.74) is 6.33. The first-order chi connectivity index (χ1) is 8.45. The van der Waals surface area contributed by atoms with Gasteiger partial charge in [0.2, 0.25) is 11.8 Å². The van der Waals surface area contributed by atoms with E-state index in [0.717, 1.165) is 0 Å². The van der Waals surface area contributed by atoms with E-state index in [2.05, 4.69) is 10.2 Å². The highest BCUT2D eigenvalue weighted by Gasteiger charge is 2.20. The van der Waals surface area contributed by atoms with Crippen LogP contribution >= 0.6 is 0 Å². The third-order valence-corrected chi connectivity index (χ3v) is 2.53. The molecule has 1 aromatic rings. The van der Waals surface area contributed by atoms with Crippen LogP contribution in [-0.4, -0.2) is 40.2 Å². The maximum absolute atomic E-state index is 11.9. The van der Waals surface area contributed by atoms with Gasteiger partial charge in [-0.05, 0) is 26.8 Å². The fourth-order valence-corrected chi connectivity index (χ4v) is 1.49. The van der Waals surface area contributed by atoms with Crippen molar-refractivity contribution in [2.75, 3.05) is 7.11 Å². The van der Waals surface area contributed by atoms with E-state index < -0.39 is 6.04 Å². The van der Waals surface area contributed by atoms with Gasteiger partial charge in [-0.25, -0.2) is 0 Å². The van der Waals surface area contributed by atoms with Crippen molar-refractivity contribution in [1.82, 2.24) is 15.1 Å². The largest absolute Gasteiger partial charge is 0.480 e. The minimum atomic E-state index is -0.515. The van der Waals surface area contributed by atoms with Crippen LogP contribution in [0.2, 0.25) is 0 Å². The molecule has 0 aliphatic heterocycles. The molecule has 1 rings (SSSR count). The van der Waals surface area contributed by atoms with Gasteiger partial charge < -0.3 is 15.4 Å². The quantitative estimate of drug-likeness (QED) is 0.828. The summed E-state index contributed by atoms with van der Waals surface area (Å²) >= 11 is 0. The molecule has 100 valence electrons. The summed E-state index contributed by atoms with van der Waals surface area (Å²) in [6.07, 6.45) is 0. The fourth-order valence-electron chi connectivity index (χ4n) is 1.49. The normalized spacial score (nSPS) is 12.3. The highest BCUT2D eigenvalue weighted by atomic mass is 16.5. The van der Waals surface area contributed by atoms with Crippen LogP contribution in [0.15, 0.2) is 12.1 Å². The Morgan fingerprint density at radius 2 is 2.06 bits per heavy atom. The molecule has 0 aliphatic rings. The average molecular weight is 252 g/mol. The molecule has 0 fully saturated rings. The van der Waals surface area contributed by atoms with Crippen molar-refractivity contribution in [1.29, 1.82) is 0 Å². The Kier molecular flexibility index (Phi) is 5.03. The van der Waals surface area contributed by atoms with Gasteiger partial charge in [-0.3, -0.25) is 4.79 Å². The van der Waals surface area contributed by atoms with Gasteiger partial charge in [0.25, 0.3) is 0 Å². The number of hydrogen-bond donors (Lipinski definition) is 1. The second-order valence-electron chi connectivity index (χ2n) is 4.42. The number of rotatable bonds is 5. The number of carbonyl (C=O) groups excluding carboxylic acids is 1. The third kappa shape index (κ3) is 3.66. The highest BCUT2D eigenvalue weighted by Crippen LogP contribution is 2.09. The van der Waals surface area contributed by atoms with Crippen molar-refractivity contribution in [3.8, 4) is 5.88 Å². The van der Waals surface area contributed by atoms with Crippen LogP contribution in [0.1, 0.15) is 26.5 Å². The van der Waals surface area contributed by atoms with Gasteiger partial charge in [-0.1, -0.05) is 0 Å². The Balaban J connectivity index is 2.80. The second kappa shape index (κ2) is 6.30. The molecule has 18 heavy (non-hydrogen) atoms. The summed E-state index contributed by atoms with van der Waals surface area (Å²) in [5.74, 6) is 0.357. The number of nitrogens with two attached hydrogens (primary N) is 1. The molecule has 0 aliphatic carbocycles. The van der Waals surface area contributed by atoms with Crippen molar-refractivity contribution >= 4 is 5.91 Å². The number of carbonyl (C=O) groups is 1. The molecule has 2 N–H and O–H groups in total. The zero-order chi connectivity index (χ0) is 13.7. The molecular formula is C12H20N4O2. The van der Waals surface area contributed by atoms with Gasteiger partial charge in [0.1, 0.15) is 0 Å². The zero-order valence-corrected chi connectivity index (χ0v) is 11.3. The van der Waals surface area contributed by atoms with Gasteiger partial charge in [0.15, 0.2) is 0 Å². The van der Waals surface area contributed by atoms with E-state index in [0.29, 0.717) is 18.1 Å². The number of hydrogen-bond acceptors (Lipinski definition) is 5. The minimum absolute atomic E-state index is 0.0624. The Hall–Kier alpha value is -1.69. The molecule has 0 spiro atoms. The molecule has 0 aromatic carbocycles. The third-order valence-electron chi connectivity index (χ3n) is 2.53. The van der Waals surface area contributed by atoms with Crippen molar-refractivity contribution in [2.24, 2.45) is 5.73 Å². The molecule has 1 unspecified atom stereocenters. The SMILES string of the molecule is COc1ccc(CN(C(=O)C(C)N)C(C)C)nn1. The molecule has 0 saturated carbocycles. The van der Waals surface area contributed by atoms with E-state index in [1.54, 1.807) is 24.0 Å². The molecule has 1 atom stereocenters. The van der Waals surface area contributed by atoms with Gasteiger partial charge >= 0.3 is 0 Å². The lowest BCUT2D eigenvalue weighted by molar-refractivity contribution is -0.134. The van der Waals surface area contributed by atoms with E-state index in [9.17, 15) is 4.79 Å². The van der Waals surface area contributed by atoms with Gasteiger partial charge in [-0.2, -0.15) is 5.10 Å². The lowest BCUT2D eigenvalue weighted by Gasteiger charge is -2.27. The predicted octanol–water partition coefficient (Wildman–Crippen LogP) is 0.569. The molecule has 1 amide bonds. The van der Waals surface area contributed by atoms with Crippen LogP contribution in [0.4, 0.5) is 0 Å². The summed E-state index contributed by atoms with van der Waals surface area (Å²) in [7, 11) is 1.53. The van der Waals surface area contributed by atoms with Gasteiger partial charge in [0.05, 0.1) is 25.4 Å². The van der Waals surface area contributed by atoms with E-state index in [4.69, 9.17) is 10.5 Å². The lowest BCUT2D eigenvalue weighted by atomic mass is 10.2. The highest BCUT2D eigenvalue weighted by molar-refractivity contribution is 5.81. The molecular weight excluding hydrogens is 232 g/mol. The van der Waals surface area contributed by atoms with E-state index in [1.807, 2.05) is 13.8 Å². The van der Waals surface area contributed by atoms with Crippen LogP contribution < -0.4 is 10.5 Å². The Labute approximate surface area is 107 Å². The van der Waals surface area contributed by atoms with Crippen LogP contribution in [-0.2, 0) is 11.3 Å². The Morgan fingerprint density at radius 1 is 1.39 bits per heavy atom. The van der Waals surface area contributed by atoms with E-state index >= 15 is 0 Å². The molecule has 0 radical (unpaired) electrons. The smallest absolute Gasteiger partial charge is 0.239 e. The zero-order valence-electron chi connectivity index (χ0n) is 11.3.